The predicted octanol–water partition coefficient (Wildman–Crippen LogP) is 4.99. The van der Waals surface area contributed by atoms with Gasteiger partial charge in [0.2, 0.25) is 5.91 Å². The molecule has 0 spiro atoms. The van der Waals surface area contributed by atoms with Gasteiger partial charge in [-0.1, -0.05) is 24.3 Å². The zero-order chi connectivity index (χ0) is 17.5. The Balaban J connectivity index is 1.43. The number of carbonyl (C=O) groups is 1. The van der Waals surface area contributed by atoms with Crippen molar-refractivity contribution in [1.82, 2.24) is 9.88 Å². The van der Waals surface area contributed by atoms with Crippen LogP contribution in [0.2, 0.25) is 0 Å². The van der Waals surface area contributed by atoms with Crippen molar-refractivity contribution in [2.75, 3.05) is 6.54 Å². The maximum atomic E-state index is 13.4. The number of hydrogen-bond acceptors (Lipinski definition) is 4. The molecule has 3 heterocycles. The van der Waals surface area contributed by atoms with Crippen molar-refractivity contribution in [2.24, 2.45) is 5.92 Å². The molecule has 1 amide bonds. The number of aromatic nitrogens is 1. The molecule has 0 saturated heterocycles. The van der Waals surface area contributed by atoms with E-state index in [0.717, 1.165) is 42.9 Å². The molecule has 1 aromatic carbocycles. The number of hydrogen-bond donors (Lipinski definition) is 0. The summed E-state index contributed by atoms with van der Waals surface area (Å²) in [5, 5.41) is 3.26. The maximum absolute atomic E-state index is 13.4. The summed E-state index contributed by atoms with van der Waals surface area (Å²) in [6.45, 7) is 1.61. The Morgan fingerprint density at radius 1 is 1.15 bits per heavy atom. The van der Waals surface area contributed by atoms with E-state index < -0.39 is 0 Å². The van der Waals surface area contributed by atoms with Crippen molar-refractivity contribution >= 4 is 38.8 Å². The van der Waals surface area contributed by atoms with Gasteiger partial charge in [-0.3, -0.25) is 4.79 Å². The van der Waals surface area contributed by atoms with E-state index in [1.54, 1.807) is 11.3 Å². The third kappa shape index (κ3) is 2.79. The molecule has 2 aliphatic rings. The van der Waals surface area contributed by atoms with Crippen LogP contribution in [0.5, 0.6) is 0 Å². The number of thiophene rings is 1. The molecule has 2 aromatic heterocycles. The molecule has 1 aliphatic heterocycles. The second-order valence-corrected chi connectivity index (χ2v) is 9.12. The molecule has 0 fully saturated rings. The smallest absolute Gasteiger partial charge is 0.227 e. The van der Waals surface area contributed by atoms with Crippen molar-refractivity contribution in [2.45, 2.75) is 31.7 Å². The van der Waals surface area contributed by atoms with Crippen LogP contribution in [-0.4, -0.2) is 22.3 Å². The lowest BCUT2D eigenvalue weighted by molar-refractivity contribution is -0.137. The van der Waals surface area contributed by atoms with Gasteiger partial charge in [0, 0.05) is 23.9 Å². The van der Waals surface area contributed by atoms with Gasteiger partial charge in [0.05, 0.1) is 21.1 Å². The predicted molar refractivity (Wildman–Crippen MR) is 108 cm³/mol. The first-order valence-electron chi connectivity index (χ1n) is 9.14. The Kier molecular flexibility index (Phi) is 4.14. The summed E-state index contributed by atoms with van der Waals surface area (Å²) < 4.78 is 1.21. The van der Waals surface area contributed by atoms with Crippen LogP contribution in [0.15, 0.2) is 47.9 Å². The van der Waals surface area contributed by atoms with Gasteiger partial charge in [-0.2, -0.15) is 0 Å². The van der Waals surface area contributed by atoms with Crippen LogP contribution in [0, 0.1) is 5.92 Å². The lowest BCUT2D eigenvalue weighted by atomic mass is 9.82. The van der Waals surface area contributed by atoms with E-state index in [2.05, 4.69) is 46.7 Å². The van der Waals surface area contributed by atoms with E-state index in [9.17, 15) is 4.79 Å². The minimum absolute atomic E-state index is 0.0146. The minimum Gasteiger partial charge on any atom is -0.338 e. The average Bonchev–Trinajstić information content (AvgIpc) is 3.33. The van der Waals surface area contributed by atoms with E-state index in [1.165, 1.54) is 15.1 Å². The number of allylic oxidation sites excluding steroid dienone is 2. The summed E-state index contributed by atoms with van der Waals surface area (Å²) in [7, 11) is 0. The molecule has 0 saturated carbocycles. The van der Waals surface area contributed by atoms with E-state index in [1.807, 2.05) is 17.4 Å². The van der Waals surface area contributed by atoms with Gasteiger partial charge in [-0.15, -0.1) is 22.7 Å². The molecule has 3 nitrogen and oxygen atoms in total. The summed E-state index contributed by atoms with van der Waals surface area (Å²) in [4.78, 5) is 21.7. The van der Waals surface area contributed by atoms with Crippen LogP contribution < -0.4 is 0 Å². The van der Waals surface area contributed by atoms with Gasteiger partial charge in [0.1, 0.15) is 0 Å². The topological polar surface area (TPSA) is 33.2 Å². The van der Waals surface area contributed by atoms with E-state index >= 15 is 0 Å². The zero-order valence-electron chi connectivity index (χ0n) is 14.4. The standard InChI is InChI=1S/C21H20N2OS2/c24-21(23-11-9-18-14(13-23)10-12-25-18)16-6-2-1-5-15(16)20-22-17-7-3-4-8-19(17)26-20/h1-4,7-8,10,12,15-16H,5-6,9,11,13H2/t15-,16-/m1/s1. The Morgan fingerprint density at radius 2 is 2.04 bits per heavy atom. The maximum Gasteiger partial charge on any atom is 0.227 e. The molecular weight excluding hydrogens is 360 g/mol. The lowest BCUT2D eigenvalue weighted by Crippen LogP contribution is -2.41. The number of rotatable bonds is 2. The Morgan fingerprint density at radius 3 is 2.96 bits per heavy atom. The van der Waals surface area contributed by atoms with Gasteiger partial charge in [-0.25, -0.2) is 4.98 Å². The van der Waals surface area contributed by atoms with Crippen molar-refractivity contribution in [3.05, 3.63) is 63.3 Å². The monoisotopic (exact) mass is 380 g/mol. The van der Waals surface area contributed by atoms with Crippen molar-refractivity contribution in [3.63, 3.8) is 0 Å². The van der Waals surface area contributed by atoms with E-state index in [0.29, 0.717) is 5.91 Å². The summed E-state index contributed by atoms with van der Waals surface area (Å²) >= 11 is 3.56. The first kappa shape index (κ1) is 16.2. The highest BCUT2D eigenvalue weighted by Gasteiger charge is 2.35. The molecule has 5 heteroatoms. The van der Waals surface area contributed by atoms with Crippen LogP contribution in [0.3, 0.4) is 0 Å². The number of carbonyl (C=O) groups excluding carboxylic acids is 1. The SMILES string of the molecule is O=C([C@@H]1CC=CC[C@H]1c1nc2ccccc2s1)N1CCc2sccc2C1. The zero-order valence-corrected chi connectivity index (χ0v) is 16.1. The normalized spacial score (nSPS) is 22.5. The van der Waals surface area contributed by atoms with Crippen LogP contribution in [0.1, 0.15) is 34.2 Å². The fraction of sp³-hybridized carbons (Fsp3) is 0.333. The van der Waals surface area contributed by atoms with Gasteiger partial charge in [0.15, 0.2) is 0 Å². The van der Waals surface area contributed by atoms with Crippen LogP contribution in [-0.2, 0) is 17.8 Å². The molecule has 0 N–H and O–H groups in total. The first-order chi connectivity index (χ1) is 12.8. The number of para-hydroxylation sites is 1. The molecule has 0 radical (unpaired) electrons. The highest BCUT2D eigenvalue weighted by molar-refractivity contribution is 7.18. The summed E-state index contributed by atoms with van der Waals surface area (Å²) in [6.07, 6.45) is 7.12. The fourth-order valence-electron chi connectivity index (χ4n) is 4.08. The van der Waals surface area contributed by atoms with Crippen molar-refractivity contribution in [1.29, 1.82) is 0 Å². The highest BCUT2D eigenvalue weighted by Crippen LogP contribution is 2.40. The molecular formula is C21H20N2OS2. The number of nitrogens with zero attached hydrogens (tertiary/aromatic N) is 2. The summed E-state index contributed by atoms with van der Waals surface area (Å²) in [5.74, 6) is 0.518. The largest absolute Gasteiger partial charge is 0.338 e. The Labute approximate surface area is 161 Å². The second-order valence-electron chi connectivity index (χ2n) is 7.05. The molecule has 0 unspecified atom stereocenters. The third-order valence-corrected chi connectivity index (χ3v) is 7.69. The molecule has 3 aromatic rings. The van der Waals surface area contributed by atoms with Gasteiger partial charge in [0.25, 0.3) is 0 Å². The fourth-order valence-corrected chi connectivity index (χ4v) is 6.12. The van der Waals surface area contributed by atoms with E-state index in [-0.39, 0.29) is 11.8 Å². The van der Waals surface area contributed by atoms with Crippen LogP contribution in [0.25, 0.3) is 10.2 Å². The molecule has 1 aliphatic carbocycles. The molecule has 0 bridgehead atoms. The van der Waals surface area contributed by atoms with Crippen molar-refractivity contribution < 1.29 is 4.79 Å². The highest BCUT2D eigenvalue weighted by atomic mass is 32.1. The minimum atomic E-state index is 0.0146. The van der Waals surface area contributed by atoms with Gasteiger partial charge in [-0.05, 0) is 48.4 Å². The lowest BCUT2D eigenvalue weighted by Gasteiger charge is -2.34. The number of fused-ring (bicyclic) bond motifs is 2. The quantitative estimate of drug-likeness (QED) is 0.587. The number of benzene rings is 1. The second kappa shape index (κ2) is 6.63. The van der Waals surface area contributed by atoms with Crippen molar-refractivity contribution in [3.8, 4) is 0 Å². The molecule has 26 heavy (non-hydrogen) atoms. The Hall–Kier alpha value is -1.98. The molecule has 2 atom stereocenters. The number of thiazole rings is 1. The Bertz CT molecular complexity index is 954. The van der Waals surface area contributed by atoms with E-state index in [4.69, 9.17) is 4.98 Å². The summed E-state index contributed by atoms with van der Waals surface area (Å²) in [6, 6.07) is 10.4. The molecule has 132 valence electrons. The molecule has 5 rings (SSSR count). The summed E-state index contributed by atoms with van der Waals surface area (Å²) in [5.41, 5.74) is 2.38. The van der Waals surface area contributed by atoms with Crippen LogP contribution in [0.4, 0.5) is 0 Å². The van der Waals surface area contributed by atoms with Gasteiger partial charge < -0.3 is 4.90 Å². The first-order valence-corrected chi connectivity index (χ1v) is 10.8. The van der Waals surface area contributed by atoms with Gasteiger partial charge >= 0.3 is 0 Å². The third-order valence-electron chi connectivity index (χ3n) is 5.50. The average molecular weight is 381 g/mol. The number of amides is 1. The van der Waals surface area contributed by atoms with Crippen LogP contribution >= 0.6 is 22.7 Å².